The number of methoxy groups -OCH3 is 1. The summed E-state index contributed by atoms with van der Waals surface area (Å²) >= 11 is 0. The molecule has 2 amide bonds. The lowest BCUT2D eigenvalue weighted by Crippen LogP contribution is -2.37. The summed E-state index contributed by atoms with van der Waals surface area (Å²) in [4.78, 5) is 11.9. The van der Waals surface area contributed by atoms with Gasteiger partial charge in [-0.05, 0) is 30.7 Å². The third-order valence-corrected chi connectivity index (χ3v) is 3.44. The summed E-state index contributed by atoms with van der Waals surface area (Å²) in [7, 11) is 1.62. The monoisotopic (exact) mass is 293 g/mol. The Balaban J connectivity index is 1.81. The molecular formula is C15H23N3O3. The fourth-order valence-corrected chi connectivity index (χ4v) is 2.20. The second kappa shape index (κ2) is 7.85. The van der Waals surface area contributed by atoms with Gasteiger partial charge in [-0.25, -0.2) is 4.79 Å². The summed E-state index contributed by atoms with van der Waals surface area (Å²) in [6.07, 6.45) is 0. The molecule has 1 heterocycles. The average Bonchev–Trinajstić information content (AvgIpc) is 2.76. The zero-order valence-corrected chi connectivity index (χ0v) is 12.6. The van der Waals surface area contributed by atoms with E-state index < -0.39 is 0 Å². The number of hydrogen-bond donors (Lipinski definition) is 3. The molecule has 1 aromatic rings. The van der Waals surface area contributed by atoms with Crippen molar-refractivity contribution in [3.63, 3.8) is 0 Å². The van der Waals surface area contributed by atoms with Crippen LogP contribution in [0.5, 0.6) is 5.75 Å². The molecule has 0 saturated carbocycles. The molecule has 0 unspecified atom stereocenters. The van der Waals surface area contributed by atoms with Gasteiger partial charge in [0, 0.05) is 31.2 Å². The van der Waals surface area contributed by atoms with Gasteiger partial charge in [0.2, 0.25) is 0 Å². The molecule has 1 aromatic carbocycles. The van der Waals surface area contributed by atoms with Crippen LogP contribution in [0.25, 0.3) is 0 Å². The van der Waals surface area contributed by atoms with E-state index in [1.807, 2.05) is 25.1 Å². The first-order valence-corrected chi connectivity index (χ1v) is 7.17. The molecule has 0 spiro atoms. The standard InChI is InChI=1S/C15H23N3O3/c1-11-7-13(20-2)3-4-14(11)18-15(19)17-9-12-8-16-5-6-21-10-12/h3-4,7,12,16H,5-6,8-10H2,1-2H3,(H2,17,18,19)/t12-/m1/s1. The van der Waals surface area contributed by atoms with Crippen molar-refractivity contribution in [3.05, 3.63) is 23.8 Å². The van der Waals surface area contributed by atoms with Crippen molar-refractivity contribution in [2.45, 2.75) is 6.92 Å². The fourth-order valence-electron chi connectivity index (χ4n) is 2.20. The topological polar surface area (TPSA) is 71.6 Å². The lowest BCUT2D eigenvalue weighted by molar-refractivity contribution is 0.123. The summed E-state index contributed by atoms with van der Waals surface area (Å²) in [5.41, 5.74) is 1.74. The Morgan fingerprint density at radius 2 is 2.38 bits per heavy atom. The second-order valence-corrected chi connectivity index (χ2v) is 5.16. The molecular weight excluding hydrogens is 270 g/mol. The van der Waals surface area contributed by atoms with Gasteiger partial charge >= 0.3 is 6.03 Å². The van der Waals surface area contributed by atoms with Crippen LogP contribution in [0.2, 0.25) is 0 Å². The molecule has 1 saturated heterocycles. The summed E-state index contributed by atoms with van der Waals surface area (Å²) < 4.78 is 10.6. The van der Waals surface area contributed by atoms with Crippen LogP contribution in [0.15, 0.2) is 18.2 Å². The van der Waals surface area contributed by atoms with Crippen molar-refractivity contribution in [2.75, 3.05) is 45.3 Å². The zero-order valence-electron chi connectivity index (χ0n) is 12.6. The number of carbonyl (C=O) groups excluding carboxylic acids is 1. The molecule has 21 heavy (non-hydrogen) atoms. The highest BCUT2D eigenvalue weighted by Gasteiger charge is 2.13. The van der Waals surface area contributed by atoms with E-state index in [-0.39, 0.29) is 6.03 Å². The van der Waals surface area contributed by atoms with E-state index in [1.165, 1.54) is 0 Å². The van der Waals surface area contributed by atoms with Crippen molar-refractivity contribution >= 4 is 11.7 Å². The Bertz CT molecular complexity index is 471. The van der Waals surface area contributed by atoms with E-state index in [0.29, 0.717) is 19.1 Å². The molecule has 1 aliphatic rings. The van der Waals surface area contributed by atoms with Gasteiger partial charge in [-0.2, -0.15) is 0 Å². The first-order chi connectivity index (χ1) is 10.2. The zero-order chi connectivity index (χ0) is 15.1. The Morgan fingerprint density at radius 3 is 3.14 bits per heavy atom. The molecule has 6 heteroatoms. The molecule has 0 aromatic heterocycles. The Morgan fingerprint density at radius 1 is 1.52 bits per heavy atom. The summed E-state index contributed by atoms with van der Waals surface area (Å²) in [6.45, 7) is 5.66. The van der Waals surface area contributed by atoms with Crippen LogP contribution in [-0.2, 0) is 4.74 Å². The molecule has 0 aliphatic carbocycles. The number of carbonyl (C=O) groups is 1. The maximum absolute atomic E-state index is 11.9. The fraction of sp³-hybridized carbons (Fsp3) is 0.533. The van der Waals surface area contributed by atoms with Crippen LogP contribution in [0.1, 0.15) is 5.56 Å². The summed E-state index contributed by atoms with van der Waals surface area (Å²) in [6, 6.07) is 5.35. The maximum atomic E-state index is 11.9. The number of amides is 2. The molecule has 3 N–H and O–H groups in total. The third-order valence-electron chi connectivity index (χ3n) is 3.44. The number of rotatable bonds is 4. The predicted molar refractivity (Wildman–Crippen MR) is 81.9 cm³/mol. The Kier molecular flexibility index (Phi) is 5.83. The molecule has 0 bridgehead atoms. The SMILES string of the molecule is COc1ccc(NC(=O)NC[C@H]2CNCCOC2)c(C)c1. The molecule has 0 radical (unpaired) electrons. The van der Waals surface area contributed by atoms with Gasteiger partial charge < -0.3 is 25.4 Å². The Hall–Kier alpha value is -1.79. The molecule has 1 aliphatic heterocycles. The molecule has 2 rings (SSSR count). The minimum atomic E-state index is -0.201. The lowest BCUT2D eigenvalue weighted by Gasteiger charge is -2.16. The van der Waals surface area contributed by atoms with E-state index in [0.717, 1.165) is 36.7 Å². The maximum Gasteiger partial charge on any atom is 0.319 e. The van der Waals surface area contributed by atoms with E-state index in [1.54, 1.807) is 7.11 Å². The van der Waals surface area contributed by atoms with Crippen molar-refractivity contribution in [3.8, 4) is 5.75 Å². The number of urea groups is 1. The van der Waals surface area contributed by atoms with Gasteiger partial charge in [0.25, 0.3) is 0 Å². The minimum absolute atomic E-state index is 0.201. The number of ether oxygens (including phenoxy) is 2. The number of anilines is 1. The van der Waals surface area contributed by atoms with E-state index in [4.69, 9.17) is 9.47 Å². The quantitative estimate of drug-likeness (QED) is 0.784. The average molecular weight is 293 g/mol. The van der Waals surface area contributed by atoms with Gasteiger partial charge in [0.05, 0.1) is 20.3 Å². The van der Waals surface area contributed by atoms with Crippen molar-refractivity contribution in [1.82, 2.24) is 10.6 Å². The highest BCUT2D eigenvalue weighted by molar-refractivity contribution is 5.90. The predicted octanol–water partition coefficient (Wildman–Crippen LogP) is 1.36. The minimum Gasteiger partial charge on any atom is -0.497 e. The third kappa shape index (κ3) is 4.91. The summed E-state index contributed by atoms with van der Waals surface area (Å²) in [5, 5.41) is 9.01. The first kappa shape index (κ1) is 15.6. The highest BCUT2D eigenvalue weighted by Crippen LogP contribution is 2.20. The molecule has 116 valence electrons. The largest absolute Gasteiger partial charge is 0.497 e. The normalized spacial score (nSPS) is 18.7. The van der Waals surface area contributed by atoms with Gasteiger partial charge in [0.15, 0.2) is 0 Å². The summed E-state index contributed by atoms with van der Waals surface area (Å²) in [5.74, 6) is 1.08. The van der Waals surface area contributed by atoms with Crippen LogP contribution in [-0.4, -0.2) is 46.0 Å². The van der Waals surface area contributed by atoms with Crippen LogP contribution >= 0.6 is 0 Å². The van der Waals surface area contributed by atoms with E-state index >= 15 is 0 Å². The van der Waals surface area contributed by atoms with E-state index in [9.17, 15) is 4.79 Å². The second-order valence-electron chi connectivity index (χ2n) is 5.16. The molecule has 6 nitrogen and oxygen atoms in total. The van der Waals surface area contributed by atoms with Crippen LogP contribution in [0.3, 0.4) is 0 Å². The van der Waals surface area contributed by atoms with Crippen LogP contribution < -0.4 is 20.7 Å². The van der Waals surface area contributed by atoms with E-state index in [2.05, 4.69) is 16.0 Å². The van der Waals surface area contributed by atoms with Crippen LogP contribution in [0.4, 0.5) is 10.5 Å². The molecule has 1 fully saturated rings. The van der Waals surface area contributed by atoms with Gasteiger partial charge in [-0.15, -0.1) is 0 Å². The number of nitrogens with one attached hydrogen (secondary N) is 3. The van der Waals surface area contributed by atoms with Gasteiger partial charge in [-0.1, -0.05) is 0 Å². The lowest BCUT2D eigenvalue weighted by atomic mass is 10.1. The van der Waals surface area contributed by atoms with Gasteiger partial charge in [-0.3, -0.25) is 0 Å². The first-order valence-electron chi connectivity index (χ1n) is 7.17. The van der Waals surface area contributed by atoms with Crippen molar-refractivity contribution < 1.29 is 14.3 Å². The Labute approximate surface area is 125 Å². The van der Waals surface area contributed by atoms with Crippen molar-refractivity contribution in [1.29, 1.82) is 0 Å². The number of hydrogen-bond acceptors (Lipinski definition) is 4. The van der Waals surface area contributed by atoms with Gasteiger partial charge in [0.1, 0.15) is 5.75 Å². The number of benzene rings is 1. The smallest absolute Gasteiger partial charge is 0.319 e. The number of aryl methyl sites for hydroxylation is 1. The highest BCUT2D eigenvalue weighted by atomic mass is 16.5. The molecule has 1 atom stereocenters. The van der Waals surface area contributed by atoms with Crippen LogP contribution in [0, 0.1) is 12.8 Å². The van der Waals surface area contributed by atoms with Crippen molar-refractivity contribution in [2.24, 2.45) is 5.92 Å².